The number of alkyl halides is 3. The second kappa shape index (κ2) is 8.71. The van der Waals surface area contributed by atoms with Gasteiger partial charge in [0.15, 0.2) is 9.84 Å². The molecule has 186 valence electrons. The summed E-state index contributed by atoms with van der Waals surface area (Å²) in [7, 11) is -4.61. The van der Waals surface area contributed by atoms with Crippen molar-refractivity contribution >= 4 is 37.8 Å². The lowest BCUT2D eigenvalue weighted by molar-refractivity contribution is -0.140. The fraction of sp³-hybridized carbons (Fsp3) is 0.571. The molecule has 0 bridgehead atoms. The van der Waals surface area contributed by atoms with Crippen LogP contribution in [0, 0.1) is 11.3 Å². The molecule has 1 N–H and O–H groups in total. The van der Waals surface area contributed by atoms with Crippen molar-refractivity contribution in [1.29, 1.82) is 5.26 Å². The van der Waals surface area contributed by atoms with Crippen LogP contribution in [-0.4, -0.2) is 54.3 Å². The third-order valence-electron chi connectivity index (χ3n) is 5.51. The predicted molar refractivity (Wildman–Crippen MR) is 117 cm³/mol. The molecule has 1 aliphatic carbocycles. The SMILES string of the molecule is CC(C)(C)OC(=O)N1C[C@H](S(=O)(=O)c2ccc(Br)cc2C(F)(F)F)C[C@H]1C(=O)NC1(C#N)CC1. The van der Waals surface area contributed by atoms with Gasteiger partial charge in [-0.05, 0) is 58.2 Å². The number of amides is 2. The quantitative estimate of drug-likeness (QED) is 0.593. The molecule has 13 heteroatoms. The molecule has 0 spiro atoms. The summed E-state index contributed by atoms with van der Waals surface area (Å²) in [6, 6.07) is 3.34. The van der Waals surface area contributed by atoms with Gasteiger partial charge in [0.1, 0.15) is 17.2 Å². The molecule has 2 fully saturated rings. The monoisotopic (exact) mass is 565 g/mol. The number of rotatable bonds is 4. The number of nitrogens with one attached hydrogen (secondary N) is 1. The van der Waals surface area contributed by atoms with E-state index in [1.807, 2.05) is 6.07 Å². The van der Waals surface area contributed by atoms with Crippen molar-refractivity contribution in [3.63, 3.8) is 0 Å². The summed E-state index contributed by atoms with van der Waals surface area (Å²) in [5, 5.41) is 10.3. The van der Waals surface area contributed by atoms with Crippen LogP contribution in [0.25, 0.3) is 0 Å². The van der Waals surface area contributed by atoms with E-state index in [0.717, 1.165) is 11.0 Å². The van der Waals surface area contributed by atoms with Crippen molar-refractivity contribution in [3.05, 3.63) is 28.2 Å². The van der Waals surface area contributed by atoms with Crippen molar-refractivity contribution < 1.29 is 35.9 Å². The van der Waals surface area contributed by atoms with Gasteiger partial charge in [0.25, 0.3) is 0 Å². The maximum atomic E-state index is 13.6. The van der Waals surface area contributed by atoms with E-state index in [9.17, 15) is 36.4 Å². The van der Waals surface area contributed by atoms with Crippen LogP contribution < -0.4 is 5.32 Å². The summed E-state index contributed by atoms with van der Waals surface area (Å²) in [4.78, 5) is 25.7. The Morgan fingerprint density at radius 2 is 1.88 bits per heavy atom. The van der Waals surface area contributed by atoms with Crippen LogP contribution in [0.3, 0.4) is 0 Å². The number of halogens is 4. The van der Waals surface area contributed by atoms with Gasteiger partial charge in [0, 0.05) is 11.0 Å². The lowest BCUT2D eigenvalue weighted by Gasteiger charge is -2.28. The molecule has 1 aliphatic heterocycles. The highest BCUT2D eigenvalue weighted by Crippen LogP contribution is 2.40. The Labute approximate surface area is 203 Å². The van der Waals surface area contributed by atoms with E-state index in [1.54, 1.807) is 20.8 Å². The van der Waals surface area contributed by atoms with E-state index in [-0.39, 0.29) is 4.47 Å². The molecule has 1 saturated carbocycles. The van der Waals surface area contributed by atoms with Crippen LogP contribution in [0.5, 0.6) is 0 Å². The third kappa shape index (κ3) is 5.49. The summed E-state index contributed by atoms with van der Waals surface area (Å²) in [6.07, 6.45) is -5.55. The van der Waals surface area contributed by atoms with E-state index in [4.69, 9.17) is 4.74 Å². The van der Waals surface area contributed by atoms with Crippen LogP contribution in [0.15, 0.2) is 27.6 Å². The van der Waals surface area contributed by atoms with E-state index in [0.29, 0.717) is 18.9 Å². The third-order valence-corrected chi connectivity index (χ3v) is 8.19. The topological polar surface area (TPSA) is 117 Å². The van der Waals surface area contributed by atoms with Gasteiger partial charge >= 0.3 is 12.3 Å². The number of ether oxygens (including phenoxy) is 1. The first-order chi connectivity index (χ1) is 15.5. The van der Waals surface area contributed by atoms with Crippen molar-refractivity contribution in [1.82, 2.24) is 10.2 Å². The smallest absolute Gasteiger partial charge is 0.417 e. The molecule has 2 aliphatic rings. The Morgan fingerprint density at radius 1 is 1.26 bits per heavy atom. The molecule has 0 aromatic heterocycles. The molecule has 2 atom stereocenters. The summed E-state index contributed by atoms with van der Waals surface area (Å²) in [6.45, 7) is 4.20. The van der Waals surface area contributed by atoms with Crippen molar-refractivity contribution in [3.8, 4) is 6.07 Å². The molecule has 34 heavy (non-hydrogen) atoms. The number of likely N-dealkylation sites (tertiary alicyclic amines) is 1. The van der Waals surface area contributed by atoms with Gasteiger partial charge in [-0.15, -0.1) is 0 Å². The van der Waals surface area contributed by atoms with Gasteiger partial charge in [-0.2, -0.15) is 18.4 Å². The molecule has 0 unspecified atom stereocenters. The average molecular weight is 566 g/mol. The highest BCUT2D eigenvalue weighted by molar-refractivity contribution is 9.10. The molecule has 2 amide bonds. The first kappa shape index (κ1) is 26.3. The lowest BCUT2D eigenvalue weighted by atomic mass is 10.2. The van der Waals surface area contributed by atoms with Gasteiger partial charge < -0.3 is 10.1 Å². The molecule has 1 aromatic rings. The lowest BCUT2D eigenvalue weighted by Crippen LogP contribution is -2.50. The number of hydrogen-bond acceptors (Lipinski definition) is 6. The van der Waals surface area contributed by atoms with Crippen molar-refractivity contribution in [2.75, 3.05) is 6.54 Å². The Bertz CT molecular complexity index is 1150. The minimum atomic E-state index is -4.95. The average Bonchev–Trinajstić information content (AvgIpc) is 3.30. The fourth-order valence-electron chi connectivity index (χ4n) is 3.65. The number of sulfone groups is 1. The van der Waals surface area contributed by atoms with Gasteiger partial charge in [-0.25, -0.2) is 13.2 Å². The molecule has 1 saturated heterocycles. The van der Waals surface area contributed by atoms with Gasteiger partial charge in [-0.1, -0.05) is 15.9 Å². The van der Waals surface area contributed by atoms with Crippen LogP contribution >= 0.6 is 15.9 Å². The minimum absolute atomic E-state index is 0.0454. The first-order valence-corrected chi connectivity index (χ1v) is 12.7. The van der Waals surface area contributed by atoms with Crippen LogP contribution in [0.2, 0.25) is 0 Å². The number of nitrogens with zero attached hydrogens (tertiary/aromatic N) is 2. The highest BCUT2D eigenvalue weighted by atomic mass is 79.9. The molecule has 0 radical (unpaired) electrons. The number of benzene rings is 1. The predicted octanol–water partition coefficient (Wildman–Crippen LogP) is 3.79. The van der Waals surface area contributed by atoms with Gasteiger partial charge in [0.05, 0.1) is 21.8 Å². The zero-order valence-corrected chi connectivity index (χ0v) is 21.0. The standard InChI is InChI=1S/C21H23BrF3N3O5S/c1-19(2,3)33-18(30)28-10-13(9-15(28)17(29)27-20(11-26)6-7-20)34(31,32)16-5-4-12(22)8-14(16)21(23,24)25/h4-5,8,13,15H,6-7,9-10H2,1-3H3,(H,27,29)/t13-,15+/m1/s1. The highest BCUT2D eigenvalue weighted by Gasteiger charge is 2.52. The molecule has 1 aromatic carbocycles. The van der Waals surface area contributed by atoms with Gasteiger partial charge in [0.2, 0.25) is 5.91 Å². The Morgan fingerprint density at radius 3 is 2.38 bits per heavy atom. The molecule has 8 nitrogen and oxygen atoms in total. The van der Waals surface area contributed by atoms with E-state index >= 15 is 0 Å². The molecular weight excluding hydrogens is 543 g/mol. The minimum Gasteiger partial charge on any atom is -0.444 e. The largest absolute Gasteiger partial charge is 0.444 e. The van der Waals surface area contributed by atoms with Crippen LogP contribution in [-0.2, 0) is 25.5 Å². The van der Waals surface area contributed by atoms with Crippen molar-refractivity contribution in [2.24, 2.45) is 0 Å². The summed E-state index contributed by atoms with van der Waals surface area (Å²) in [5.41, 5.74) is -3.39. The number of nitriles is 1. The molecule has 3 rings (SSSR count). The number of hydrogen-bond donors (Lipinski definition) is 1. The second-order valence-electron chi connectivity index (χ2n) is 9.37. The van der Waals surface area contributed by atoms with Crippen LogP contribution in [0.1, 0.15) is 45.6 Å². The van der Waals surface area contributed by atoms with E-state index in [1.165, 1.54) is 6.07 Å². The summed E-state index contributed by atoms with van der Waals surface area (Å²) >= 11 is 2.92. The summed E-state index contributed by atoms with van der Waals surface area (Å²) in [5.74, 6) is -0.755. The Hall–Kier alpha value is -2.33. The molecule has 1 heterocycles. The Balaban J connectivity index is 1.97. The van der Waals surface area contributed by atoms with E-state index in [2.05, 4.69) is 21.2 Å². The zero-order valence-electron chi connectivity index (χ0n) is 18.6. The van der Waals surface area contributed by atoms with E-state index < -0.39 is 73.9 Å². The number of carbonyl (C=O) groups is 2. The fourth-order valence-corrected chi connectivity index (χ4v) is 5.91. The zero-order chi connectivity index (χ0) is 25.7. The maximum Gasteiger partial charge on any atom is 0.417 e. The van der Waals surface area contributed by atoms with Crippen molar-refractivity contribution in [2.45, 2.75) is 73.5 Å². The number of carbonyl (C=O) groups excluding carboxylic acids is 2. The second-order valence-corrected chi connectivity index (χ2v) is 12.5. The Kier molecular flexibility index (Phi) is 6.73. The maximum absolute atomic E-state index is 13.6. The normalized spacial score (nSPS) is 22.1. The van der Waals surface area contributed by atoms with Crippen LogP contribution in [0.4, 0.5) is 18.0 Å². The first-order valence-electron chi connectivity index (χ1n) is 10.3. The van der Waals surface area contributed by atoms with Gasteiger partial charge in [-0.3, -0.25) is 9.69 Å². The molecular formula is C21H23BrF3N3O5S. The summed E-state index contributed by atoms with van der Waals surface area (Å²) < 4.78 is 72.8.